The van der Waals surface area contributed by atoms with Crippen molar-refractivity contribution in [2.24, 2.45) is 0 Å². The first-order valence-corrected chi connectivity index (χ1v) is 7.62. The predicted octanol–water partition coefficient (Wildman–Crippen LogP) is 2.58. The molecule has 0 unspecified atom stereocenters. The molecule has 0 saturated carbocycles. The lowest BCUT2D eigenvalue weighted by Gasteiger charge is -2.08. The average Bonchev–Trinajstić information content (AvgIpc) is 3.20. The highest BCUT2D eigenvalue weighted by atomic mass is 16.6. The second-order valence-corrected chi connectivity index (χ2v) is 5.43. The van der Waals surface area contributed by atoms with E-state index in [1.165, 1.54) is 35.3 Å². The lowest BCUT2D eigenvalue weighted by atomic mass is 10.1. The van der Waals surface area contributed by atoms with Crippen molar-refractivity contribution in [2.45, 2.75) is 6.54 Å². The van der Waals surface area contributed by atoms with Crippen LogP contribution in [0.5, 0.6) is 0 Å². The normalized spacial score (nSPS) is 10.1. The van der Waals surface area contributed by atoms with Crippen molar-refractivity contribution >= 4 is 11.6 Å². The summed E-state index contributed by atoms with van der Waals surface area (Å²) in [6.45, 7) is 0.214. The zero-order chi connectivity index (χ0) is 18.5. The van der Waals surface area contributed by atoms with Crippen LogP contribution < -0.4 is 5.32 Å². The van der Waals surface area contributed by atoms with Crippen LogP contribution in [0.25, 0.3) is 5.69 Å². The second-order valence-electron chi connectivity index (χ2n) is 5.43. The number of imidazole rings is 1. The molecule has 0 bridgehead atoms. The van der Waals surface area contributed by atoms with E-state index in [9.17, 15) is 14.9 Å². The van der Waals surface area contributed by atoms with Crippen LogP contribution in [0.3, 0.4) is 0 Å². The van der Waals surface area contributed by atoms with Crippen LogP contribution in [0, 0.1) is 21.4 Å². The monoisotopic (exact) mass is 347 g/mol. The van der Waals surface area contributed by atoms with Gasteiger partial charge in [0.25, 0.3) is 11.6 Å². The number of nitrogens with zero attached hydrogens (tertiary/aromatic N) is 4. The SMILES string of the molecule is N#Cc1cccc(CNC(=O)c2ccc(-n3ccnc3)c([N+](=O)[O-])c2)c1. The van der Waals surface area contributed by atoms with Gasteiger partial charge in [0.2, 0.25) is 0 Å². The Balaban J connectivity index is 1.80. The van der Waals surface area contributed by atoms with Crippen molar-refractivity contribution in [2.75, 3.05) is 0 Å². The quantitative estimate of drug-likeness (QED) is 0.563. The molecule has 1 amide bonds. The van der Waals surface area contributed by atoms with Gasteiger partial charge in [0, 0.05) is 30.6 Å². The van der Waals surface area contributed by atoms with Gasteiger partial charge in [-0.05, 0) is 29.8 Å². The topological polar surface area (TPSA) is 114 Å². The highest BCUT2D eigenvalue weighted by Gasteiger charge is 2.18. The number of carbonyl (C=O) groups is 1. The summed E-state index contributed by atoms with van der Waals surface area (Å²) in [4.78, 5) is 27.0. The molecule has 0 spiro atoms. The standard InChI is InChI=1S/C18H13N5O3/c19-10-13-2-1-3-14(8-13)11-21-18(24)15-4-5-16(17(9-15)23(25)26)22-7-6-20-12-22/h1-9,12H,11H2,(H,21,24). The van der Waals surface area contributed by atoms with Crippen LogP contribution in [-0.2, 0) is 6.54 Å². The number of carbonyl (C=O) groups excluding carboxylic acids is 1. The molecule has 0 aliphatic carbocycles. The minimum Gasteiger partial charge on any atom is -0.348 e. The van der Waals surface area contributed by atoms with Crippen molar-refractivity contribution in [3.8, 4) is 11.8 Å². The fraction of sp³-hybridized carbons (Fsp3) is 0.0556. The maximum absolute atomic E-state index is 12.3. The molecule has 0 radical (unpaired) electrons. The van der Waals surface area contributed by atoms with Crippen molar-refractivity contribution < 1.29 is 9.72 Å². The largest absolute Gasteiger partial charge is 0.348 e. The van der Waals surface area contributed by atoms with Gasteiger partial charge in [0.05, 0.1) is 22.9 Å². The van der Waals surface area contributed by atoms with Crippen LogP contribution in [0.2, 0.25) is 0 Å². The summed E-state index contributed by atoms with van der Waals surface area (Å²) in [6, 6.07) is 13.1. The van der Waals surface area contributed by atoms with E-state index in [0.29, 0.717) is 11.3 Å². The third kappa shape index (κ3) is 3.57. The van der Waals surface area contributed by atoms with Crippen molar-refractivity contribution in [1.29, 1.82) is 5.26 Å². The third-order valence-electron chi connectivity index (χ3n) is 3.73. The van der Waals surface area contributed by atoms with Crippen LogP contribution in [-0.4, -0.2) is 20.4 Å². The fourth-order valence-electron chi connectivity index (χ4n) is 2.47. The minimum atomic E-state index is -0.539. The van der Waals surface area contributed by atoms with E-state index in [0.717, 1.165) is 5.56 Å². The lowest BCUT2D eigenvalue weighted by Crippen LogP contribution is -2.23. The minimum absolute atomic E-state index is 0.178. The van der Waals surface area contributed by atoms with Crippen LogP contribution >= 0.6 is 0 Å². The molecule has 128 valence electrons. The van der Waals surface area contributed by atoms with Crippen molar-refractivity contribution in [1.82, 2.24) is 14.9 Å². The summed E-state index contributed by atoms with van der Waals surface area (Å²) in [5.41, 5.74) is 1.57. The van der Waals surface area contributed by atoms with E-state index >= 15 is 0 Å². The Morgan fingerprint density at radius 2 is 2.15 bits per heavy atom. The number of benzene rings is 2. The van der Waals surface area contributed by atoms with E-state index in [1.54, 1.807) is 30.5 Å². The van der Waals surface area contributed by atoms with Crippen molar-refractivity contribution in [3.05, 3.63) is 88.0 Å². The number of hydrogen-bond acceptors (Lipinski definition) is 5. The molecule has 0 aliphatic heterocycles. The van der Waals surface area contributed by atoms with E-state index in [1.807, 2.05) is 6.07 Å². The maximum atomic E-state index is 12.3. The Bertz CT molecular complexity index is 1010. The first-order chi connectivity index (χ1) is 12.6. The number of nitrogens with one attached hydrogen (secondary N) is 1. The molecule has 8 heteroatoms. The van der Waals surface area contributed by atoms with Crippen LogP contribution in [0.15, 0.2) is 61.2 Å². The first-order valence-electron chi connectivity index (χ1n) is 7.62. The van der Waals surface area contributed by atoms with Gasteiger partial charge in [-0.3, -0.25) is 14.9 Å². The Morgan fingerprint density at radius 1 is 1.31 bits per heavy atom. The molecule has 3 rings (SSSR count). The maximum Gasteiger partial charge on any atom is 0.294 e. The van der Waals surface area contributed by atoms with Crippen LogP contribution in [0.1, 0.15) is 21.5 Å². The molecule has 0 aliphatic rings. The number of hydrogen-bond donors (Lipinski definition) is 1. The average molecular weight is 347 g/mol. The summed E-state index contributed by atoms with van der Waals surface area (Å²) in [7, 11) is 0. The van der Waals surface area contributed by atoms with Gasteiger partial charge >= 0.3 is 0 Å². The number of nitro benzene ring substituents is 1. The van der Waals surface area contributed by atoms with E-state index in [2.05, 4.69) is 10.3 Å². The summed E-state index contributed by atoms with van der Waals surface area (Å²) in [5.74, 6) is -0.437. The smallest absolute Gasteiger partial charge is 0.294 e. The second kappa shape index (κ2) is 7.27. The molecule has 1 heterocycles. The van der Waals surface area contributed by atoms with Crippen LogP contribution in [0.4, 0.5) is 5.69 Å². The third-order valence-corrected chi connectivity index (χ3v) is 3.73. The van der Waals surface area contributed by atoms with Gasteiger partial charge in [-0.25, -0.2) is 4.98 Å². The molecular formula is C18H13N5O3. The summed E-state index contributed by atoms with van der Waals surface area (Å²) < 4.78 is 1.51. The molecule has 8 nitrogen and oxygen atoms in total. The zero-order valence-corrected chi connectivity index (χ0v) is 13.5. The molecule has 1 N–H and O–H groups in total. The summed E-state index contributed by atoms with van der Waals surface area (Å²) >= 11 is 0. The van der Waals surface area contributed by atoms with E-state index in [4.69, 9.17) is 5.26 Å². The molecular weight excluding hydrogens is 334 g/mol. The Morgan fingerprint density at radius 3 is 2.85 bits per heavy atom. The van der Waals surface area contributed by atoms with E-state index in [-0.39, 0.29) is 17.8 Å². The Labute approximate surface area is 148 Å². The number of amides is 1. The number of nitro groups is 1. The first kappa shape index (κ1) is 16.9. The molecule has 26 heavy (non-hydrogen) atoms. The molecule has 1 aromatic heterocycles. The van der Waals surface area contributed by atoms with Gasteiger partial charge in [0.1, 0.15) is 5.69 Å². The zero-order valence-electron chi connectivity index (χ0n) is 13.5. The lowest BCUT2D eigenvalue weighted by molar-refractivity contribution is -0.384. The molecule has 2 aromatic carbocycles. The van der Waals surface area contributed by atoms with Gasteiger partial charge in [0.15, 0.2) is 0 Å². The van der Waals surface area contributed by atoms with Crippen molar-refractivity contribution in [3.63, 3.8) is 0 Å². The highest BCUT2D eigenvalue weighted by Crippen LogP contribution is 2.24. The Kier molecular flexibility index (Phi) is 4.71. The van der Waals surface area contributed by atoms with Gasteiger partial charge in [-0.2, -0.15) is 5.26 Å². The fourth-order valence-corrected chi connectivity index (χ4v) is 2.47. The molecule has 0 atom stereocenters. The Hall–Kier alpha value is -3.99. The van der Waals surface area contributed by atoms with E-state index < -0.39 is 10.8 Å². The number of aromatic nitrogens is 2. The number of nitriles is 1. The molecule has 3 aromatic rings. The predicted molar refractivity (Wildman–Crippen MR) is 92.5 cm³/mol. The molecule has 0 fully saturated rings. The van der Waals surface area contributed by atoms with Gasteiger partial charge < -0.3 is 9.88 Å². The van der Waals surface area contributed by atoms with Gasteiger partial charge in [-0.15, -0.1) is 0 Å². The highest BCUT2D eigenvalue weighted by molar-refractivity contribution is 5.95. The van der Waals surface area contributed by atoms with Gasteiger partial charge in [-0.1, -0.05) is 12.1 Å². The number of rotatable bonds is 5. The summed E-state index contributed by atoms with van der Waals surface area (Å²) in [6.07, 6.45) is 4.55. The summed E-state index contributed by atoms with van der Waals surface area (Å²) in [5, 5.41) is 22.9. The molecule has 0 saturated heterocycles.